The molecule has 0 radical (unpaired) electrons. The van der Waals surface area contributed by atoms with Crippen molar-refractivity contribution >= 4 is 11.7 Å². The van der Waals surface area contributed by atoms with Gasteiger partial charge in [-0.05, 0) is 12.1 Å². The highest BCUT2D eigenvalue weighted by molar-refractivity contribution is 5.65. The first-order valence-electron chi connectivity index (χ1n) is 4.31. The van der Waals surface area contributed by atoms with Gasteiger partial charge >= 0.3 is 5.97 Å². The van der Waals surface area contributed by atoms with Crippen LogP contribution < -0.4 is 10.5 Å². The molecular formula is C10H13NO3. The van der Waals surface area contributed by atoms with E-state index in [9.17, 15) is 4.79 Å². The summed E-state index contributed by atoms with van der Waals surface area (Å²) in [5.41, 5.74) is 6.21. The van der Waals surface area contributed by atoms with Gasteiger partial charge in [-0.2, -0.15) is 0 Å². The Bertz CT molecular complexity index is 312. The molecule has 4 heteroatoms. The molecule has 76 valence electrons. The van der Waals surface area contributed by atoms with Crippen LogP contribution in [-0.4, -0.2) is 19.2 Å². The van der Waals surface area contributed by atoms with E-state index in [1.54, 1.807) is 12.1 Å². The number of carbonyl (C=O) groups excluding carboxylic acids is 1. The molecule has 1 aromatic rings. The second kappa shape index (κ2) is 5.11. The fourth-order valence-electron chi connectivity index (χ4n) is 0.949. The SMILES string of the molecule is CC(=O)OCCOc1ccccc1N. The van der Waals surface area contributed by atoms with Crippen molar-refractivity contribution in [2.24, 2.45) is 0 Å². The zero-order valence-corrected chi connectivity index (χ0v) is 8.03. The third-order valence-corrected chi connectivity index (χ3v) is 1.57. The van der Waals surface area contributed by atoms with Crippen molar-refractivity contribution in [1.29, 1.82) is 0 Å². The van der Waals surface area contributed by atoms with Crippen molar-refractivity contribution < 1.29 is 14.3 Å². The lowest BCUT2D eigenvalue weighted by molar-refractivity contribution is -0.141. The standard InChI is InChI=1S/C10H13NO3/c1-8(12)13-6-7-14-10-5-3-2-4-9(10)11/h2-5H,6-7,11H2,1H3. The molecule has 4 nitrogen and oxygen atoms in total. The van der Waals surface area contributed by atoms with Gasteiger partial charge in [-0.1, -0.05) is 12.1 Å². The minimum Gasteiger partial charge on any atom is -0.488 e. The van der Waals surface area contributed by atoms with Crippen molar-refractivity contribution in [2.45, 2.75) is 6.92 Å². The van der Waals surface area contributed by atoms with Crippen LogP contribution in [0.2, 0.25) is 0 Å². The van der Waals surface area contributed by atoms with Gasteiger partial charge in [0.25, 0.3) is 0 Å². The Morgan fingerprint density at radius 1 is 1.36 bits per heavy atom. The number of ether oxygens (including phenoxy) is 2. The number of carbonyl (C=O) groups is 1. The van der Waals surface area contributed by atoms with Gasteiger partial charge < -0.3 is 15.2 Å². The van der Waals surface area contributed by atoms with Gasteiger partial charge in [-0.3, -0.25) is 4.79 Å². The molecule has 0 aliphatic heterocycles. The van der Waals surface area contributed by atoms with E-state index in [1.165, 1.54) is 6.92 Å². The van der Waals surface area contributed by atoms with Gasteiger partial charge in [0.1, 0.15) is 19.0 Å². The Morgan fingerprint density at radius 3 is 2.71 bits per heavy atom. The van der Waals surface area contributed by atoms with Crippen molar-refractivity contribution in [2.75, 3.05) is 18.9 Å². The molecule has 0 atom stereocenters. The molecule has 0 bridgehead atoms. The van der Waals surface area contributed by atoms with Crippen LogP contribution in [0.3, 0.4) is 0 Å². The highest BCUT2D eigenvalue weighted by Crippen LogP contribution is 2.19. The molecule has 0 aliphatic rings. The maximum Gasteiger partial charge on any atom is 0.302 e. The molecule has 0 spiro atoms. The number of anilines is 1. The van der Waals surface area contributed by atoms with Gasteiger partial charge in [0.15, 0.2) is 0 Å². The quantitative estimate of drug-likeness (QED) is 0.445. The molecule has 0 aliphatic carbocycles. The summed E-state index contributed by atoms with van der Waals surface area (Å²) in [6.07, 6.45) is 0. The van der Waals surface area contributed by atoms with Gasteiger partial charge in [-0.25, -0.2) is 0 Å². The summed E-state index contributed by atoms with van der Waals surface area (Å²) in [5.74, 6) is 0.300. The minimum absolute atomic E-state index is 0.240. The van der Waals surface area contributed by atoms with Crippen molar-refractivity contribution in [1.82, 2.24) is 0 Å². The number of nitrogen functional groups attached to an aromatic ring is 1. The number of hydrogen-bond acceptors (Lipinski definition) is 4. The van der Waals surface area contributed by atoms with Gasteiger partial charge in [-0.15, -0.1) is 0 Å². The maximum atomic E-state index is 10.4. The number of benzene rings is 1. The summed E-state index contributed by atoms with van der Waals surface area (Å²) in [7, 11) is 0. The number of hydrogen-bond donors (Lipinski definition) is 1. The zero-order chi connectivity index (χ0) is 10.4. The fourth-order valence-corrected chi connectivity index (χ4v) is 0.949. The maximum absolute atomic E-state index is 10.4. The largest absolute Gasteiger partial charge is 0.488 e. The lowest BCUT2D eigenvalue weighted by Gasteiger charge is -2.07. The second-order valence-corrected chi connectivity index (χ2v) is 2.73. The van der Waals surface area contributed by atoms with E-state index in [1.807, 2.05) is 12.1 Å². The van der Waals surface area contributed by atoms with Crippen molar-refractivity contribution in [3.8, 4) is 5.75 Å². The predicted molar refractivity (Wildman–Crippen MR) is 53.0 cm³/mol. The first kappa shape index (κ1) is 10.4. The summed E-state index contributed by atoms with van der Waals surface area (Å²) >= 11 is 0. The Morgan fingerprint density at radius 2 is 2.07 bits per heavy atom. The van der Waals surface area contributed by atoms with Crippen molar-refractivity contribution in [3.63, 3.8) is 0 Å². The van der Waals surface area contributed by atoms with E-state index < -0.39 is 0 Å². The van der Waals surface area contributed by atoms with Crippen LogP contribution in [0.4, 0.5) is 5.69 Å². The Labute approximate surface area is 82.6 Å². The lowest BCUT2D eigenvalue weighted by Crippen LogP contribution is -2.10. The van der Waals surface area contributed by atoms with Crippen LogP contribution in [0.15, 0.2) is 24.3 Å². The van der Waals surface area contributed by atoms with Crippen LogP contribution in [0.1, 0.15) is 6.92 Å². The predicted octanol–water partition coefficient (Wildman–Crippen LogP) is 1.21. The van der Waals surface area contributed by atoms with Crippen LogP contribution in [0.25, 0.3) is 0 Å². The molecule has 14 heavy (non-hydrogen) atoms. The first-order chi connectivity index (χ1) is 6.70. The third kappa shape index (κ3) is 3.35. The second-order valence-electron chi connectivity index (χ2n) is 2.73. The average Bonchev–Trinajstić information content (AvgIpc) is 2.15. The normalized spacial score (nSPS) is 9.50. The molecule has 0 heterocycles. The van der Waals surface area contributed by atoms with E-state index in [0.29, 0.717) is 18.0 Å². The van der Waals surface area contributed by atoms with Crippen LogP contribution in [0, 0.1) is 0 Å². The molecule has 1 rings (SSSR count). The third-order valence-electron chi connectivity index (χ3n) is 1.57. The Balaban J connectivity index is 2.31. The van der Waals surface area contributed by atoms with Gasteiger partial charge in [0.05, 0.1) is 5.69 Å². The summed E-state index contributed by atoms with van der Waals surface area (Å²) in [5, 5.41) is 0. The Hall–Kier alpha value is -1.71. The monoisotopic (exact) mass is 195 g/mol. The minimum atomic E-state index is -0.311. The van der Waals surface area contributed by atoms with E-state index in [0.717, 1.165) is 0 Å². The molecule has 2 N–H and O–H groups in total. The van der Waals surface area contributed by atoms with Crippen LogP contribution in [0.5, 0.6) is 5.75 Å². The molecule has 0 saturated heterocycles. The fraction of sp³-hybridized carbons (Fsp3) is 0.300. The number of nitrogens with two attached hydrogens (primary N) is 1. The summed E-state index contributed by atoms with van der Waals surface area (Å²) < 4.78 is 9.98. The topological polar surface area (TPSA) is 61.5 Å². The molecule has 0 saturated carbocycles. The van der Waals surface area contributed by atoms with E-state index in [2.05, 4.69) is 0 Å². The van der Waals surface area contributed by atoms with Crippen LogP contribution in [-0.2, 0) is 9.53 Å². The van der Waals surface area contributed by atoms with E-state index >= 15 is 0 Å². The Kier molecular flexibility index (Phi) is 3.79. The number of rotatable bonds is 4. The molecular weight excluding hydrogens is 182 g/mol. The number of para-hydroxylation sites is 2. The molecule has 0 aromatic heterocycles. The average molecular weight is 195 g/mol. The highest BCUT2D eigenvalue weighted by atomic mass is 16.6. The van der Waals surface area contributed by atoms with Gasteiger partial charge in [0.2, 0.25) is 0 Å². The molecule has 0 fully saturated rings. The molecule has 0 amide bonds. The van der Waals surface area contributed by atoms with Crippen LogP contribution >= 0.6 is 0 Å². The first-order valence-corrected chi connectivity index (χ1v) is 4.31. The highest BCUT2D eigenvalue weighted by Gasteiger charge is 1.98. The smallest absolute Gasteiger partial charge is 0.302 e. The summed E-state index contributed by atoms with van der Waals surface area (Å²) in [6, 6.07) is 7.18. The van der Waals surface area contributed by atoms with E-state index in [-0.39, 0.29) is 12.6 Å². The van der Waals surface area contributed by atoms with Crippen molar-refractivity contribution in [3.05, 3.63) is 24.3 Å². The summed E-state index contributed by atoms with van der Waals surface area (Å²) in [6.45, 7) is 1.91. The van der Waals surface area contributed by atoms with Gasteiger partial charge in [0, 0.05) is 6.92 Å². The molecule has 1 aromatic carbocycles. The zero-order valence-electron chi connectivity index (χ0n) is 8.03. The molecule has 0 unspecified atom stereocenters. The van der Waals surface area contributed by atoms with E-state index in [4.69, 9.17) is 15.2 Å². The summed E-state index contributed by atoms with van der Waals surface area (Å²) in [4.78, 5) is 10.4. The number of esters is 1. The lowest BCUT2D eigenvalue weighted by atomic mass is 10.3.